The zero-order valence-corrected chi connectivity index (χ0v) is 9.97. The van der Waals surface area contributed by atoms with E-state index in [1.54, 1.807) is 12.1 Å². The number of ether oxygens (including phenoxy) is 3. The Morgan fingerprint density at radius 2 is 2.24 bits per heavy atom. The summed E-state index contributed by atoms with van der Waals surface area (Å²) in [7, 11) is 0. The maximum absolute atomic E-state index is 8.91. The van der Waals surface area contributed by atoms with Gasteiger partial charge in [-0.25, -0.2) is 0 Å². The Hall–Kier alpha value is -1.57. The number of hydrogen-bond donors (Lipinski definition) is 0. The number of nitriles is 1. The number of para-hydroxylation sites is 1. The van der Waals surface area contributed by atoms with Crippen LogP contribution in [0.2, 0.25) is 0 Å². The van der Waals surface area contributed by atoms with Crippen LogP contribution in [0.3, 0.4) is 0 Å². The van der Waals surface area contributed by atoms with Gasteiger partial charge in [0.2, 0.25) is 0 Å². The SMILES string of the molecule is CC1(C)OC[C@H](COc2ccccc2C#N)O1. The van der Waals surface area contributed by atoms with Crippen molar-refractivity contribution in [3.8, 4) is 11.8 Å². The van der Waals surface area contributed by atoms with Crippen LogP contribution < -0.4 is 4.74 Å². The molecule has 1 aromatic carbocycles. The van der Waals surface area contributed by atoms with Crippen molar-refractivity contribution in [3.05, 3.63) is 29.8 Å². The van der Waals surface area contributed by atoms with Gasteiger partial charge < -0.3 is 14.2 Å². The summed E-state index contributed by atoms with van der Waals surface area (Å²) in [6.45, 7) is 4.65. The molecule has 0 bridgehead atoms. The van der Waals surface area contributed by atoms with E-state index >= 15 is 0 Å². The molecule has 1 aliphatic heterocycles. The summed E-state index contributed by atoms with van der Waals surface area (Å²) in [5.74, 6) is 0.0475. The second-order valence-electron chi connectivity index (χ2n) is 4.37. The largest absolute Gasteiger partial charge is 0.489 e. The summed E-state index contributed by atoms with van der Waals surface area (Å²) in [6.07, 6.45) is -0.0863. The number of benzene rings is 1. The highest BCUT2D eigenvalue weighted by atomic mass is 16.7. The minimum absolute atomic E-state index is 0.0863. The molecule has 1 heterocycles. The van der Waals surface area contributed by atoms with Crippen LogP contribution in [-0.4, -0.2) is 25.1 Å². The van der Waals surface area contributed by atoms with Crippen molar-refractivity contribution in [3.63, 3.8) is 0 Å². The number of nitrogens with zero attached hydrogens (tertiary/aromatic N) is 1. The third-order valence-electron chi connectivity index (χ3n) is 2.50. The third kappa shape index (κ3) is 2.96. The van der Waals surface area contributed by atoms with Gasteiger partial charge in [0.15, 0.2) is 5.79 Å². The Balaban J connectivity index is 1.93. The van der Waals surface area contributed by atoms with Gasteiger partial charge in [0, 0.05) is 0 Å². The van der Waals surface area contributed by atoms with E-state index in [1.807, 2.05) is 26.0 Å². The maximum atomic E-state index is 8.91. The number of rotatable bonds is 3. The summed E-state index contributed by atoms with van der Waals surface area (Å²) < 4.78 is 16.6. The van der Waals surface area contributed by atoms with E-state index in [0.717, 1.165) is 0 Å². The van der Waals surface area contributed by atoms with Gasteiger partial charge in [0.1, 0.15) is 24.5 Å². The van der Waals surface area contributed by atoms with E-state index in [4.69, 9.17) is 19.5 Å². The minimum Gasteiger partial charge on any atom is -0.489 e. The zero-order valence-electron chi connectivity index (χ0n) is 9.97. The lowest BCUT2D eigenvalue weighted by Gasteiger charge is -2.17. The Morgan fingerprint density at radius 3 is 2.88 bits per heavy atom. The van der Waals surface area contributed by atoms with E-state index in [0.29, 0.717) is 24.5 Å². The van der Waals surface area contributed by atoms with Crippen molar-refractivity contribution in [1.29, 1.82) is 5.26 Å². The average molecular weight is 233 g/mol. The van der Waals surface area contributed by atoms with Gasteiger partial charge in [-0.05, 0) is 26.0 Å². The molecule has 1 aliphatic rings. The highest BCUT2D eigenvalue weighted by molar-refractivity contribution is 5.42. The summed E-state index contributed by atoms with van der Waals surface area (Å²) in [5.41, 5.74) is 0.533. The molecule has 2 rings (SSSR count). The first-order valence-electron chi connectivity index (χ1n) is 5.54. The summed E-state index contributed by atoms with van der Waals surface area (Å²) in [6, 6.07) is 9.24. The fourth-order valence-electron chi connectivity index (χ4n) is 1.71. The molecule has 4 nitrogen and oxygen atoms in total. The van der Waals surface area contributed by atoms with Crippen LogP contribution in [0.25, 0.3) is 0 Å². The van der Waals surface area contributed by atoms with Crippen LogP contribution in [0, 0.1) is 11.3 Å². The second-order valence-corrected chi connectivity index (χ2v) is 4.37. The number of hydrogen-bond acceptors (Lipinski definition) is 4. The molecule has 1 fully saturated rings. The quantitative estimate of drug-likeness (QED) is 0.802. The van der Waals surface area contributed by atoms with Gasteiger partial charge in [0.05, 0.1) is 12.2 Å². The predicted octanol–water partition coefficient (Wildman–Crippen LogP) is 2.09. The predicted molar refractivity (Wildman–Crippen MR) is 61.6 cm³/mol. The molecule has 0 radical (unpaired) electrons. The van der Waals surface area contributed by atoms with Crippen molar-refractivity contribution in [2.24, 2.45) is 0 Å². The summed E-state index contributed by atoms with van der Waals surface area (Å²) >= 11 is 0. The van der Waals surface area contributed by atoms with Crippen LogP contribution >= 0.6 is 0 Å². The van der Waals surface area contributed by atoms with Crippen molar-refractivity contribution in [2.75, 3.05) is 13.2 Å². The van der Waals surface area contributed by atoms with E-state index in [1.165, 1.54) is 0 Å². The molecule has 0 aliphatic carbocycles. The molecule has 0 aromatic heterocycles. The lowest BCUT2D eigenvalue weighted by atomic mass is 10.2. The topological polar surface area (TPSA) is 51.5 Å². The second kappa shape index (κ2) is 4.74. The highest BCUT2D eigenvalue weighted by Crippen LogP contribution is 2.23. The minimum atomic E-state index is -0.539. The fourth-order valence-corrected chi connectivity index (χ4v) is 1.71. The fraction of sp³-hybridized carbons (Fsp3) is 0.462. The van der Waals surface area contributed by atoms with Crippen LogP contribution in [0.5, 0.6) is 5.75 Å². The first kappa shape index (κ1) is 11.9. The Bertz CT molecular complexity index is 437. The first-order valence-corrected chi connectivity index (χ1v) is 5.54. The average Bonchev–Trinajstić information content (AvgIpc) is 2.67. The van der Waals surface area contributed by atoms with Crippen LogP contribution in [0.1, 0.15) is 19.4 Å². The molecular weight excluding hydrogens is 218 g/mol. The molecule has 0 saturated carbocycles. The maximum Gasteiger partial charge on any atom is 0.163 e. The molecule has 1 atom stereocenters. The molecule has 1 saturated heterocycles. The van der Waals surface area contributed by atoms with E-state index in [2.05, 4.69) is 6.07 Å². The summed E-state index contributed by atoms with van der Waals surface area (Å²) in [5, 5.41) is 8.91. The molecular formula is C13H15NO3. The first-order chi connectivity index (χ1) is 8.11. The molecule has 17 heavy (non-hydrogen) atoms. The van der Waals surface area contributed by atoms with Gasteiger partial charge in [0.25, 0.3) is 0 Å². The van der Waals surface area contributed by atoms with Crippen molar-refractivity contribution in [2.45, 2.75) is 25.7 Å². The van der Waals surface area contributed by atoms with Crippen molar-refractivity contribution < 1.29 is 14.2 Å². The Kier molecular flexibility index (Phi) is 3.32. The highest BCUT2D eigenvalue weighted by Gasteiger charge is 2.33. The Labute approximate surface area is 101 Å². The van der Waals surface area contributed by atoms with Gasteiger partial charge in [-0.1, -0.05) is 12.1 Å². The van der Waals surface area contributed by atoms with Gasteiger partial charge in [-0.3, -0.25) is 0 Å². The smallest absolute Gasteiger partial charge is 0.163 e. The van der Waals surface area contributed by atoms with Crippen LogP contribution in [0.15, 0.2) is 24.3 Å². The molecule has 0 N–H and O–H groups in total. The van der Waals surface area contributed by atoms with Gasteiger partial charge >= 0.3 is 0 Å². The zero-order chi connectivity index (χ0) is 12.3. The normalized spacial score (nSPS) is 22.1. The lowest BCUT2D eigenvalue weighted by Crippen LogP contribution is -2.25. The lowest BCUT2D eigenvalue weighted by molar-refractivity contribution is -0.141. The van der Waals surface area contributed by atoms with E-state index in [-0.39, 0.29) is 6.10 Å². The molecule has 1 aromatic rings. The van der Waals surface area contributed by atoms with Crippen LogP contribution in [0.4, 0.5) is 0 Å². The van der Waals surface area contributed by atoms with E-state index < -0.39 is 5.79 Å². The molecule has 90 valence electrons. The molecule has 0 amide bonds. The molecule has 0 spiro atoms. The standard InChI is InChI=1S/C13H15NO3/c1-13(2)16-9-11(17-13)8-15-12-6-4-3-5-10(12)7-14/h3-6,11H,8-9H2,1-2H3/t11-/m0/s1. The Morgan fingerprint density at radius 1 is 1.47 bits per heavy atom. The van der Waals surface area contributed by atoms with Crippen molar-refractivity contribution in [1.82, 2.24) is 0 Å². The van der Waals surface area contributed by atoms with Crippen LogP contribution in [-0.2, 0) is 9.47 Å². The summed E-state index contributed by atoms with van der Waals surface area (Å²) in [4.78, 5) is 0. The third-order valence-corrected chi connectivity index (χ3v) is 2.50. The van der Waals surface area contributed by atoms with Gasteiger partial charge in [-0.2, -0.15) is 5.26 Å². The van der Waals surface area contributed by atoms with Gasteiger partial charge in [-0.15, -0.1) is 0 Å². The monoisotopic (exact) mass is 233 g/mol. The van der Waals surface area contributed by atoms with E-state index in [9.17, 15) is 0 Å². The molecule has 4 heteroatoms. The van der Waals surface area contributed by atoms with Crippen molar-refractivity contribution >= 4 is 0 Å². The molecule has 0 unspecified atom stereocenters.